The summed E-state index contributed by atoms with van der Waals surface area (Å²) in [5, 5.41) is 3.52. The zero-order valence-electron chi connectivity index (χ0n) is 13.1. The van der Waals surface area contributed by atoms with Gasteiger partial charge in [0.1, 0.15) is 0 Å². The lowest BCUT2D eigenvalue weighted by Gasteiger charge is -2.41. The molecule has 0 aliphatic carbocycles. The molecule has 1 rings (SSSR count). The lowest BCUT2D eigenvalue weighted by atomic mass is 9.96. The Hall–Kier alpha value is -0.120. The van der Waals surface area contributed by atoms with Crippen LogP contribution in [0.4, 0.5) is 0 Å². The molecule has 1 aliphatic heterocycles. The predicted molar refractivity (Wildman–Crippen MR) is 80.1 cm³/mol. The number of rotatable bonds is 7. The van der Waals surface area contributed by atoms with Crippen LogP contribution in [0, 0.1) is 5.92 Å². The fourth-order valence-electron chi connectivity index (χ4n) is 3.06. The van der Waals surface area contributed by atoms with Gasteiger partial charge in [-0.2, -0.15) is 0 Å². The number of nitrogens with zero attached hydrogens (tertiary/aromatic N) is 2. The molecule has 0 radical (unpaired) electrons. The zero-order valence-corrected chi connectivity index (χ0v) is 13.1. The second-order valence-corrected chi connectivity index (χ2v) is 5.95. The zero-order chi connectivity index (χ0) is 13.5. The van der Waals surface area contributed by atoms with E-state index >= 15 is 0 Å². The number of nitrogens with one attached hydrogen (secondary N) is 1. The van der Waals surface area contributed by atoms with E-state index in [0.29, 0.717) is 6.04 Å². The molecule has 1 aliphatic rings. The van der Waals surface area contributed by atoms with Gasteiger partial charge in [-0.15, -0.1) is 0 Å². The second-order valence-electron chi connectivity index (χ2n) is 5.95. The van der Waals surface area contributed by atoms with Gasteiger partial charge in [0.15, 0.2) is 0 Å². The van der Waals surface area contributed by atoms with Crippen molar-refractivity contribution >= 4 is 0 Å². The van der Waals surface area contributed by atoms with E-state index in [1.807, 2.05) is 0 Å². The standard InChI is InChI=1S/C15H33N3/c1-6-16-12-15(13(3)4)17(5)14-8-10-18(7-2)11-9-14/h13-16H,6-12H2,1-5H3. The molecule has 0 aromatic heterocycles. The highest BCUT2D eigenvalue weighted by molar-refractivity contribution is 4.84. The lowest BCUT2D eigenvalue weighted by Crippen LogP contribution is -2.51. The average Bonchev–Trinajstić information content (AvgIpc) is 2.38. The van der Waals surface area contributed by atoms with Gasteiger partial charge in [0.2, 0.25) is 0 Å². The van der Waals surface area contributed by atoms with Crippen molar-refractivity contribution in [3.8, 4) is 0 Å². The van der Waals surface area contributed by atoms with Crippen LogP contribution in [0.5, 0.6) is 0 Å². The summed E-state index contributed by atoms with van der Waals surface area (Å²) in [6.07, 6.45) is 2.67. The van der Waals surface area contributed by atoms with Crippen molar-refractivity contribution in [2.75, 3.05) is 39.8 Å². The Labute approximate surface area is 114 Å². The minimum Gasteiger partial charge on any atom is -0.315 e. The van der Waals surface area contributed by atoms with Crippen LogP contribution in [-0.2, 0) is 0 Å². The highest BCUT2D eigenvalue weighted by Gasteiger charge is 2.27. The largest absolute Gasteiger partial charge is 0.315 e. The molecule has 0 aromatic rings. The summed E-state index contributed by atoms with van der Waals surface area (Å²) in [5.74, 6) is 0.721. The van der Waals surface area contributed by atoms with Crippen LogP contribution in [0.1, 0.15) is 40.5 Å². The second kappa shape index (κ2) is 8.13. The fourth-order valence-corrected chi connectivity index (χ4v) is 3.06. The van der Waals surface area contributed by atoms with Gasteiger partial charge in [0, 0.05) is 18.6 Å². The van der Waals surface area contributed by atoms with Crippen LogP contribution >= 0.6 is 0 Å². The van der Waals surface area contributed by atoms with Crippen molar-refractivity contribution < 1.29 is 0 Å². The molecule has 18 heavy (non-hydrogen) atoms. The summed E-state index contributed by atoms with van der Waals surface area (Å²) in [4.78, 5) is 5.21. The predicted octanol–water partition coefficient (Wildman–Crippen LogP) is 2.04. The first-order valence-corrected chi connectivity index (χ1v) is 7.75. The molecule has 0 spiro atoms. The number of hydrogen-bond acceptors (Lipinski definition) is 3. The van der Waals surface area contributed by atoms with E-state index in [1.54, 1.807) is 0 Å². The molecule has 1 fully saturated rings. The molecule has 3 nitrogen and oxygen atoms in total. The molecule has 1 saturated heterocycles. The summed E-state index contributed by atoms with van der Waals surface area (Å²) in [7, 11) is 2.33. The van der Waals surface area contributed by atoms with Crippen LogP contribution in [-0.4, -0.2) is 61.7 Å². The minimum absolute atomic E-state index is 0.670. The Morgan fingerprint density at radius 2 is 1.83 bits per heavy atom. The van der Waals surface area contributed by atoms with Gasteiger partial charge in [-0.1, -0.05) is 27.7 Å². The van der Waals surface area contributed by atoms with Crippen molar-refractivity contribution in [2.45, 2.75) is 52.6 Å². The van der Waals surface area contributed by atoms with Crippen LogP contribution in [0.15, 0.2) is 0 Å². The lowest BCUT2D eigenvalue weighted by molar-refractivity contribution is 0.0791. The summed E-state index contributed by atoms with van der Waals surface area (Å²) in [6.45, 7) is 15.1. The van der Waals surface area contributed by atoms with Gasteiger partial charge in [-0.3, -0.25) is 4.90 Å². The maximum absolute atomic E-state index is 3.52. The maximum atomic E-state index is 3.52. The van der Waals surface area contributed by atoms with Crippen LogP contribution in [0.3, 0.4) is 0 Å². The summed E-state index contributed by atoms with van der Waals surface area (Å²) in [5.41, 5.74) is 0. The molecular formula is C15H33N3. The van der Waals surface area contributed by atoms with Crippen LogP contribution < -0.4 is 5.32 Å². The Kier molecular flexibility index (Phi) is 7.20. The Morgan fingerprint density at radius 1 is 1.22 bits per heavy atom. The van der Waals surface area contributed by atoms with E-state index in [1.165, 1.54) is 32.5 Å². The summed E-state index contributed by atoms with van der Waals surface area (Å²) in [6, 6.07) is 1.45. The normalized spacial score (nSPS) is 20.8. The maximum Gasteiger partial charge on any atom is 0.0243 e. The molecule has 1 N–H and O–H groups in total. The van der Waals surface area contributed by atoms with Gasteiger partial charge >= 0.3 is 0 Å². The Bertz CT molecular complexity index is 210. The molecular weight excluding hydrogens is 222 g/mol. The van der Waals surface area contributed by atoms with Crippen molar-refractivity contribution in [3.63, 3.8) is 0 Å². The Morgan fingerprint density at radius 3 is 2.28 bits per heavy atom. The Balaban J connectivity index is 2.47. The number of likely N-dealkylation sites (N-methyl/N-ethyl adjacent to an activating group) is 2. The molecule has 1 unspecified atom stereocenters. The van der Waals surface area contributed by atoms with Crippen LogP contribution in [0.2, 0.25) is 0 Å². The molecule has 0 saturated carbocycles. The number of piperidine rings is 1. The van der Waals surface area contributed by atoms with Crippen molar-refractivity contribution in [3.05, 3.63) is 0 Å². The number of hydrogen-bond donors (Lipinski definition) is 1. The van der Waals surface area contributed by atoms with Gasteiger partial charge in [-0.05, 0) is 52.0 Å². The first-order valence-electron chi connectivity index (χ1n) is 7.75. The third kappa shape index (κ3) is 4.52. The first-order chi connectivity index (χ1) is 8.60. The molecule has 3 heteroatoms. The van der Waals surface area contributed by atoms with Crippen molar-refractivity contribution in [2.24, 2.45) is 5.92 Å². The molecule has 0 aromatic carbocycles. The van der Waals surface area contributed by atoms with Crippen molar-refractivity contribution in [1.29, 1.82) is 0 Å². The third-order valence-electron chi connectivity index (χ3n) is 4.48. The monoisotopic (exact) mass is 255 g/mol. The van der Waals surface area contributed by atoms with Gasteiger partial charge in [-0.25, -0.2) is 0 Å². The summed E-state index contributed by atoms with van der Waals surface area (Å²) >= 11 is 0. The highest BCUT2D eigenvalue weighted by Crippen LogP contribution is 2.20. The molecule has 0 bridgehead atoms. The smallest absolute Gasteiger partial charge is 0.0243 e. The fraction of sp³-hybridized carbons (Fsp3) is 1.00. The quantitative estimate of drug-likeness (QED) is 0.751. The molecule has 0 amide bonds. The van der Waals surface area contributed by atoms with Crippen molar-refractivity contribution in [1.82, 2.24) is 15.1 Å². The highest BCUT2D eigenvalue weighted by atomic mass is 15.2. The van der Waals surface area contributed by atoms with Gasteiger partial charge in [0.05, 0.1) is 0 Å². The van der Waals surface area contributed by atoms with Gasteiger partial charge in [0.25, 0.3) is 0 Å². The van der Waals surface area contributed by atoms with Crippen LogP contribution in [0.25, 0.3) is 0 Å². The minimum atomic E-state index is 0.670. The number of likely N-dealkylation sites (tertiary alicyclic amines) is 1. The average molecular weight is 255 g/mol. The third-order valence-corrected chi connectivity index (χ3v) is 4.48. The summed E-state index contributed by atoms with van der Waals surface area (Å²) < 4.78 is 0. The molecule has 1 atom stereocenters. The van der Waals surface area contributed by atoms with E-state index in [9.17, 15) is 0 Å². The molecule has 1 heterocycles. The van der Waals surface area contributed by atoms with E-state index in [2.05, 4.69) is 49.9 Å². The van der Waals surface area contributed by atoms with E-state index in [-0.39, 0.29) is 0 Å². The topological polar surface area (TPSA) is 18.5 Å². The van der Waals surface area contributed by atoms with E-state index < -0.39 is 0 Å². The first kappa shape index (κ1) is 15.9. The molecule has 108 valence electrons. The SMILES string of the molecule is CCNCC(C(C)C)N(C)C1CCN(CC)CC1. The van der Waals surface area contributed by atoms with E-state index in [4.69, 9.17) is 0 Å². The van der Waals surface area contributed by atoms with Gasteiger partial charge < -0.3 is 10.2 Å². The van der Waals surface area contributed by atoms with E-state index in [0.717, 1.165) is 25.0 Å².